The smallest absolute Gasteiger partial charge is 0.114 e. The molecule has 0 radical (unpaired) electrons. The van der Waals surface area contributed by atoms with E-state index >= 15 is 0 Å². The molecule has 32 heavy (non-hydrogen) atoms. The van der Waals surface area contributed by atoms with E-state index in [-0.39, 0.29) is 0 Å². The maximum atomic E-state index is 4.07. The second kappa shape index (κ2) is 14.5. The largest absolute Gasteiger partial charge is 0.311 e. The second-order valence-corrected chi connectivity index (χ2v) is 7.27. The van der Waals surface area contributed by atoms with Crippen molar-refractivity contribution in [2.75, 3.05) is 13.1 Å². The molecule has 6 heteroatoms. The molecule has 0 atom stereocenters. The molecule has 0 saturated carbocycles. The van der Waals surface area contributed by atoms with E-state index in [1.807, 2.05) is 13.8 Å². The minimum Gasteiger partial charge on any atom is -0.311 e. The van der Waals surface area contributed by atoms with Gasteiger partial charge in [-0.1, -0.05) is 48.5 Å². The Bertz CT molecular complexity index is 885. The predicted octanol–water partition coefficient (Wildman–Crippen LogP) is 4.75. The molecular weight excluding hydrogens is 396 g/mol. The number of allylic oxidation sites excluding steroid dienone is 2. The summed E-state index contributed by atoms with van der Waals surface area (Å²) in [5.41, 5.74) is 6.98. The van der Waals surface area contributed by atoms with Crippen LogP contribution in [-0.4, -0.2) is 39.2 Å². The first kappa shape index (κ1) is 24.8. The molecule has 2 N–H and O–H groups in total. The van der Waals surface area contributed by atoms with Crippen molar-refractivity contribution in [2.24, 2.45) is 20.0 Å². The summed E-state index contributed by atoms with van der Waals surface area (Å²) in [6.07, 6.45) is 6.44. The molecule has 0 aromatic heterocycles. The molecule has 2 rings (SSSR count). The number of nitrogens with one attached hydrogen (secondary N) is 2. The summed E-state index contributed by atoms with van der Waals surface area (Å²) in [5, 5.41) is 6.95. The van der Waals surface area contributed by atoms with Crippen molar-refractivity contribution in [1.82, 2.24) is 10.6 Å². The van der Waals surface area contributed by atoms with Crippen LogP contribution in [0.2, 0.25) is 0 Å². The molecule has 0 aliphatic rings. The number of rotatable bonds is 13. The Morgan fingerprint density at radius 3 is 1.41 bits per heavy atom. The number of nitrogens with zero attached hydrogens (tertiary/aromatic N) is 4. The van der Waals surface area contributed by atoms with E-state index < -0.39 is 0 Å². The third-order valence-electron chi connectivity index (χ3n) is 4.79. The summed E-state index contributed by atoms with van der Waals surface area (Å²) in [4.78, 5) is 15.3. The van der Waals surface area contributed by atoms with E-state index in [2.05, 4.69) is 92.6 Å². The van der Waals surface area contributed by atoms with Crippen LogP contribution in [0.3, 0.4) is 0 Å². The van der Waals surface area contributed by atoms with E-state index in [4.69, 9.17) is 0 Å². The lowest BCUT2D eigenvalue weighted by Gasteiger charge is -2.09. The maximum Gasteiger partial charge on any atom is 0.114 e. The monoisotopic (exact) mass is 428 g/mol. The maximum absolute atomic E-state index is 4.07. The molecule has 0 aliphatic heterocycles. The lowest BCUT2D eigenvalue weighted by molar-refractivity contribution is 0.611. The highest BCUT2D eigenvalue weighted by Gasteiger charge is 1.99. The number of aliphatic imine (C=N–C) groups is 4. The van der Waals surface area contributed by atoms with Crippen LogP contribution in [0.4, 0.5) is 0 Å². The Kier molecular flexibility index (Phi) is 11.2. The highest BCUT2D eigenvalue weighted by molar-refractivity contribution is 5.68. The van der Waals surface area contributed by atoms with Crippen LogP contribution >= 0.6 is 0 Å². The predicted molar refractivity (Wildman–Crippen MR) is 140 cm³/mol. The van der Waals surface area contributed by atoms with Gasteiger partial charge in [-0.15, -0.1) is 0 Å². The Morgan fingerprint density at radius 1 is 0.688 bits per heavy atom. The fourth-order valence-corrected chi connectivity index (χ4v) is 2.95. The third-order valence-corrected chi connectivity index (χ3v) is 4.79. The zero-order valence-electron chi connectivity index (χ0n) is 19.0. The van der Waals surface area contributed by atoms with Crippen LogP contribution in [0.15, 0.2) is 80.9 Å². The van der Waals surface area contributed by atoms with Crippen molar-refractivity contribution in [3.8, 4) is 0 Å². The third kappa shape index (κ3) is 9.12. The summed E-state index contributed by atoms with van der Waals surface area (Å²) in [5.74, 6) is 0. The SMILES string of the molecule is C=NC=N/C=C(\C)c1ccc(CNCCNCc2ccc(/C(C)=C/N=CN=C)cc2)cc1. The van der Waals surface area contributed by atoms with Gasteiger partial charge in [-0.3, -0.25) is 9.98 Å². The average molecular weight is 429 g/mol. The van der Waals surface area contributed by atoms with Gasteiger partial charge in [0.2, 0.25) is 0 Å². The molecule has 0 unspecified atom stereocenters. The molecule has 0 amide bonds. The minimum absolute atomic E-state index is 0.841. The summed E-state index contributed by atoms with van der Waals surface area (Å²) in [6, 6.07) is 17.0. The van der Waals surface area contributed by atoms with Gasteiger partial charge < -0.3 is 10.6 Å². The normalized spacial score (nSPS) is 12.6. The standard InChI is InChI=1S/C26H32N6/c1-21(15-31-19-27-3)25-9-5-23(6-10-25)17-29-13-14-30-18-24-7-11-26(12-8-24)22(2)16-32-20-28-4/h5-12,15-16,19-20,29-30H,3-4,13-14,17-18H2,1-2H3/b21-15+,22-16+,31-19?,32-20?. The molecule has 0 bridgehead atoms. The number of hydrogen-bond donors (Lipinski definition) is 2. The lowest BCUT2D eigenvalue weighted by atomic mass is 10.1. The molecule has 2 aromatic rings. The van der Waals surface area contributed by atoms with Gasteiger partial charge in [0.15, 0.2) is 0 Å². The van der Waals surface area contributed by atoms with Gasteiger partial charge in [-0.25, -0.2) is 9.98 Å². The minimum atomic E-state index is 0.841. The van der Waals surface area contributed by atoms with E-state index in [0.29, 0.717) is 0 Å². The van der Waals surface area contributed by atoms with Crippen molar-refractivity contribution < 1.29 is 0 Å². The second-order valence-electron chi connectivity index (χ2n) is 7.27. The van der Waals surface area contributed by atoms with E-state index in [0.717, 1.165) is 48.5 Å². The zero-order chi connectivity index (χ0) is 23.0. The Hall–Kier alpha value is -3.48. The summed E-state index contributed by atoms with van der Waals surface area (Å²) in [7, 11) is 0. The highest BCUT2D eigenvalue weighted by atomic mass is 14.9. The van der Waals surface area contributed by atoms with Crippen molar-refractivity contribution in [1.29, 1.82) is 0 Å². The topological polar surface area (TPSA) is 73.5 Å². The van der Waals surface area contributed by atoms with Crippen molar-refractivity contribution in [3.63, 3.8) is 0 Å². The average Bonchev–Trinajstić information content (AvgIpc) is 2.82. The molecule has 166 valence electrons. The summed E-state index contributed by atoms with van der Waals surface area (Å²) < 4.78 is 0. The number of hydrogen-bond acceptors (Lipinski definition) is 4. The van der Waals surface area contributed by atoms with Gasteiger partial charge >= 0.3 is 0 Å². The van der Waals surface area contributed by atoms with Gasteiger partial charge in [0.25, 0.3) is 0 Å². The van der Waals surface area contributed by atoms with E-state index in [1.165, 1.54) is 23.8 Å². The van der Waals surface area contributed by atoms with Crippen LogP contribution in [-0.2, 0) is 13.1 Å². The number of benzene rings is 2. The van der Waals surface area contributed by atoms with Crippen LogP contribution in [0, 0.1) is 0 Å². The Balaban J connectivity index is 1.68. The van der Waals surface area contributed by atoms with Gasteiger partial charge in [0.05, 0.1) is 0 Å². The quantitative estimate of drug-likeness (QED) is 0.275. The van der Waals surface area contributed by atoms with E-state index in [1.54, 1.807) is 12.4 Å². The van der Waals surface area contributed by atoms with Gasteiger partial charge in [0.1, 0.15) is 12.7 Å². The Morgan fingerprint density at radius 2 is 1.06 bits per heavy atom. The fourth-order valence-electron chi connectivity index (χ4n) is 2.95. The molecule has 0 saturated heterocycles. The fraction of sp³-hybridized carbons (Fsp3) is 0.231. The lowest BCUT2D eigenvalue weighted by Crippen LogP contribution is -2.26. The van der Waals surface area contributed by atoms with Crippen LogP contribution in [0.1, 0.15) is 36.1 Å². The summed E-state index contributed by atoms with van der Waals surface area (Å²) >= 11 is 0. The van der Waals surface area contributed by atoms with Crippen LogP contribution in [0.5, 0.6) is 0 Å². The first-order valence-corrected chi connectivity index (χ1v) is 10.5. The molecule has 0 heterocycles. The molecule has 0 spiro atoms. The van der Waals surface area contributed by atoms with Crippen molar-refractivity contribution in [2.45, 2.75) is 26.9 Å². The van der Waals surface area contributed by atoms with E-state index in [9.17, 15) is 0 Å². The first-order chi connectivity index (χ1) is 15.6. The van der Waals surface area contributed by atoms with Gasteiger partial charge in [-0.2, -0.15) is 0 Å². The first-order valence-electron chi connectivity index (χ1n) is 10.5. The highest BCUT2D eigenvalue weighted by Crippen LogP contribution is 2.15. The van der Waals surface area contributed by atoms with Crippen molar-refractivity contribution in [3.05, 3.63) is 83.2 Å². The molecule has 6 nitrogen and oxygen atoms in total. The summed E-state index contributed by atoms with van der Waals surface area (Å²) in [6.45, 7) is 14.3. The Labute approximate surface area is 191 Å². The van der Waals surface area contributed by atoms with Gasteiger partial charge in [-0.05, 0) is 60.7 Å². The van der Waals surface area contributed by atoms with Crippen LogP contribution < -0.4 is 10.6 Å². The van der Waals surface area contributed by atoms with Gasteiger partial charge in [0, 0.05) is 38.6 Å². The molecule has 2 aromatic carbocycles. The zero-order valence-corrected chi connectivity index (χ0v) is 19.0. The molecular formula is C26H32N6. The molecule has 0 fully saturated rings. The van der Waals surface area contributed by atoms with Crippen LogP contribution in [0.25, 0.3) is 11.1 Å². The van der Waals surface area contributed by atoms with Crippen molar-refractivity contribution >= 4 is 37.3 Å². The molecule has 0 aliphatic carbocycles.